The van der Waals surface area contributed by atoms with Crippen molar-refractivity contribution in [2.45, 2.75) is 20.8 Å². The minimum atomic E-state index is 0.968. The van der Waals surface area contributed by atoms with E-state index >= 15 is 0 Å². The van der Waals surface area contributed by atoms with E-state index in [1.165, 1.54) is 0 Å². The van der Waals surface area contributed by atoms with Crippen molar-refractivity contribution < 1.29 is 0 Å². The molecule has 0 aliphatic heterocycles. The van der Waals surface area contributed by atoms with Crippen LogP contribution in [0, 0.1) is 6.92 Å². The van der Waals surface area contributed by atoms with Gasteiger partial charge in [0.1, 0.15) is 5.82 Å². The lowest BCUT2D eigenvalue weighted by atomic mass is 10.8. The van der Waals surface area contributed by atoms with Crippen LogP contribution in [0.3, 0.4) is 0 Å². The Bertz CT molecular complexity index is 110. The molecule has 0 aromatic carbocycles. The molecule has 0 bridgehead atoms. The zero-order valence-electron chi connectivity index (χ0n) is 5.60. The van der Waals surface area contributed by atoms with Gasteiger partial charge >= 0.3 is 0 Å². The minimum absolute atomic E-state index is 0.968. The molecular formula is C6H12N2. The molecule has 0 saturated carbocycles. The summed E-state index contributed by atoms with van der Waals surface area (Å²) in [6, 6.07) is 0. The third-order valence-corrected chi connectivity index (χ3v) is 0.635. The molecule has 46 valence electrons. The molecule has 1 aromatic heterocycles. The number of nitrogens with zero attached hydrogens (tertiary/aromatic N) is 1. The highest BCUT2D eigenvalue weighted by Crippen LogP contribution is 1.78. The van der Waals surface area contributed by atoms with E-state index in [1.807, 2.05) is 20.8 Å². The van der Waals surface area contributed by atoms with Crippen molar-refractivity contribution in [1.82, 2.24) is 9.97 Å². The summed E-state index contributed by atoms with van der Waals surface area (Å²) in [6.45, 7) is 5.92. The molecule has 0 saturated heterocycles. The number of aromatic nitrogens is 2. The Kier molecular flexibility index (Phi) is 3.94. The molecule has 1 aromatic rings. The van der Waals surface area contributed by atoms with E-state index in [1.54, 1.807) is 12.4 Å². The summed E-state index contributed by atoms with van der Waals surface area (Å²) in [6.07, 6.45) is 3.53. The largest absolute Gasteiger partial charge is 0.349 e. The molecule has 0 atom stereocenters. The third-order valence-electron chi connectivity index (χ3n) is 0.635. The fourth-order valence-electron chi connectivity index (χ4n) is 0.344. The van der Waals surface area contributed by atoms with E-state index < -0.39 is 0 Å². The second-order valence-electron chi connectivity index (χ2n) is 1.17. The van der Waals surface area contributed by atoms with E-state index in [-0.39, 0.29) is 0 Å². The van der Waals surface area contributed by atoms with Gasteiger partial charge in [-0.05, 0) is 6.92 Å². The number of rotatable bonds is 0. The fourth-order valence-corrected chi connectivity index (χ4v) is 0.344. The maximum Gasteiger partial charge on any atom is 0.102 e. The molecule has 1 heterocycles. The number of H-pyrrole nitrogens is 1. The van der Waals surface area contributed by atoms with Crippen LogP contribution in [0.5, 0.6) is 0 Å². The Morgan fingerprint density at radius 2 is 2.12 bits per heavy atom. The molecule has 0 fully saturated rings. The lowest BCUT2D eigenvalue weighted by Crippen LogP contribution is -1.66. The van der Waals surface area contributed by atoms with E-state index in [2.05, 4.69) is 9.97 Å². The highest BCUT2D eigenvalue weighted by atomic mass is 14.9. The van der Waals surface area contributed by atoms with Crippen molar-refractivity contribution in [2.75, 3.05) is 0 Å². The average Bonchev–Trinajstić information content (AvgIpc) is 2.24. The van der Waals surface area contributed by atoms with Crippen LogP contribution in [-0.2, 0) is 0 Å². The van der Waals surface area contributed by atoms with Crippen LogP contribution in [0.2, 0.25) is 0 Å². The lowest BCUT2D eigenvalue weighted by molar-refractivity contribution is 1.15. The normalized spacial score (nSPS) is 7.38. The fraction of sp³-hybridized carbons (Fsp3) is 0.500. The highest BCUT2D eigenvalue weighted by Gasteiger charge is 1.73. The molecule has 1 N–H and O–H groups in total. The van der Waals surface area contributed by atoms with Crippen molar-refractivity contribution >= 4 is 0 Å². The van der Waals surface area contributed by atoms with Crippen LogP contribution >= 0.6 is 0 Å². The Balaban J connectivity index is 0.000000222. The Hall–Kier alpha value is -0.790. The van der Waals surface area contributed by atoms with Crippen LogP contribution in [0.1, 0.15) is 19.7 Å². The summed E-state index contributed by atoms with van der Waals surface area (Å²) in [5, 5.41) is 0. The van der Waals surface area contributed by atoms with Crippen LogP contribution in [0.4, 0.5) is 0 Å². The Morgan fingerprint density at radius 3 is 2.25 bits per heavy atom. The first-order chi connectivity index (χ1) is 3.89. The molecule has 0 unspecified atom stereocenters. The first-order valence-electron chi connectivity index (χ1n) is 2.85. The van der Waals surface area contributed by atoms with Gasteiger partial charge in [-0.2, -0.15) is 0 Å². The van der Waals surface area contributed by atoms with Crippen LogP contribution in [-0.4, -0.2) is 9.97 Å². The van der Waals surface area contributed by atoms with Crippen molar-refractivity contribution in [2.24, 2.45) is 0 Å². The second kappa shape index (κ2) is 4.37. The molecular weight excluding hydrogens is 100 g/mol. The van der Waals surface area contributed by atoms with Gasteiger partial charge in [-0.25, -0.2) is 4.98 Å². The number of aromatic amines is 1. The molecule has 0 amide bonds. The van der Waals surface area contributed by atoms with E-state index in [9.17, 15) is 0 Å². The van der Waals surface area contributed by atoms with Crippen molar-refractivity contribution in [3.05, 3.63) is 18.2 Å². The van der Waals surface area contributed by atoms with E-state index in [4.69, 9.17) is 0 Å². The predicted octanol–water partition coefficient (Wildman–Crippen LogP) is 1.74. The maximum atomic E-state index is 3.86. The summed E-state index contributed by atoms with van der Waals surface area (Å²) in [4.78, 5) is 6.75. The second-order valence-corrected chi connectivity index (χ2v) is 1.17. The molecule has 8 heavy (non-hydrogen) atoms. The topological polar surface area (TPSA) is 28.7 Å². The van der Waals surface area contributed by atoms with Gasteiger partial charge in [-0.15, -0.1) is 0 Å². The Labute approximate surface area is 50.0 Å². The molecule has 0 aliphatic carbocycles. The first kappa shape index (κ1) is 7.21. The zero-order chi connectivity index (χ0) is 6.41. The van der Waals surface area contributed by atoms with Crippen molar-refractivity contribution in [3.63, 3.8) is 0 Å². The molecule has 0 spiro atoms. The van der Waals surface area contributed by atoms with Crippen molar-refractivity contribution in [3.8, 4) is 0 Å². The number of hydrogen-bond donors (Lipinski definition) is 1. The van der Waals surface area contributed by atoms with Gasteiger partial charge in [-0.3, -0.25) is 0 Å². The van der Waals surface area contributed by atoms with Gasteiger partial charge in [0.05, 0.1) is 0 Å². The minimum Gasteiger partial charge on any atom is -0.349 e. The number of hydrogen-bond acceptors (Lipinski definition) is 1. The zero-order valence-corrected chi connectivity index (χ0v) is 5.60. The van der Waals surface area contributed by atoms with Crippen LogP contribution in [0.25, 0.3) is 0 Å². The predicted molar refractivity (Wildman–Crippen MR) is 34.7 cm³/mol. The summed E-state index contributed by atoms with van der Waals surface area (Å²) in [5.74, 6) is 0.968. The number of nitrogens with one attached hydrogen (secondary N) is 1. The monoisotopic (exact) mass is 112 g/mol. The molecule has 0 radical (unpaired) electrons. The smallest absolute Gasteiger partial charge is 0.102 e. The van der Waals surface area contributed by atoms with Crippen LogP contribution in [0.15, 0.2) is 12.4 Å². The lowest BCUT2D eigenvalue weighted by Gasteiger charge is -1.68. The summed E-state index contributed by atoms with van der Waals surface area (Å²) in [7, 11) is 0. The Morgan fingerprint density at radius 1 is 1.50 bits per heavy atom. The number of aryl methyl sites for hydroxylation is 1. The molecule has 0 aliphatic rings. The van der Waals surface area contributed by atoms with Gasteiger partial charge in [0.15, 0.2) is 0 Å². The van der Waals surface area contributed by atoms with Crippen molar-refractivity contribution in [1.29, 1.82) is 0 Å². The summed E-state index contributed by atoms with van der Waals surface area (Å²) >= 11 is 0. The standard InChI is InChI=1S/C4H6N2.C2H6/c1-4-5-2-3-6-4;1-2/h2-3H,1H3,(H,5,6);1-2H3. The first-order valence-corrected chi connectivity index (χ1v) is 2.85. The maximum absolute atomic E-state index is 3.86. The summed E-state index contributed by atoms with van der Waals surface area (Å²) in [5.41, 5.74) is 0. The quantitative estimate of drug-likeness (QED) is 0.544. The van der Waals surface area contributed by atoms with Crippen LogP contribution < -0.4 is 0 Å². The third kappa shape index (κ3) is 2.39. The molecule has 2 nitrogen and oxygen atoms in total. The highest BCUT2D eigenvalue weighted by molar-refractivity contribution is 4.80. The van der Waals surface area contributed by atoms with E-state index in [0.717, 1.165) is 5.82 Å². The average molecular weight is 112 g/mol. The SMILES string of the molecule is CC.Cc1ncc[nH]1. The van der Waals surface area contributed by atoms with Gasteiger partial charge in [0, 0.05) is 12.4 Å². The van der Waals surface area contributed by atoms with Gasteiger partial charge in [0.25, 0.3) is 0 Å². The number of imidazole rings is 1. The summed E-state index contributed by atoms with van der Waals surface area (Å²) < 4.78 is 0. The molecule has 2 heteroatoms. The van der Waals surface area contributed by atoms with E-state index in [0.29, 0.717) is 0 Å². The van der Waals surface area contributed by atoms with Gasteiger partial charge in [-0.1, -0.05) is 13.8 Å². The molecule has 1 rings (SSSR count). The van der Waals surface area contributed by atoms with Gasteiger partial charge < -0.3 is 4.98 Å². The van der Waals surface area contributed by atoms with Gasteiger partial charge in [0.2, 0.25) is 0 Å².